The molecule has 0 saturated heterocycles. The van der Waals surface area contributed by atoms with E-state index >= 15 is 0 Å². The van der Waals surface area contributed by atoms with Gasteiger partial charge in [-0.1, -0.05) is 0 Å². The molecule has 142 valence electrons. The van der Waals surface area contributed by atoms with E-state index in [0.717, 1.165) is 18.2 Å². The number of hydrogen-bond donors (Lipinski definition) is 2. The number of benzene rings is 2. The van der Waals surface area contributed by atoms with Crippen LogP contribution in [0.5, 0.6) is 23.0 Å². The van der Waals surface area contributed by atoms with Gasteiger partial charge in [-0.3, -0.25) is 14.9 Å². The van der Waals surface area contributed by atoms with Crippen LogP contribution in [-0.4, -0.2) is 43.5 Å². The molecule has 2 N–H and O–H groups in total. The molecule has 0 saturated carbocycles. The maximum Gasteiger partial charge on any atom is 0.275 e. The van der Waals surface area contributed by atoms with Crippen molar-refractivity contribution in [2.75, 3.05) is 21.3 Å². The molecular formula is C17H17N3O7. The van der Waals surface area contributed by atoms with Crippen LogP contribution in [0.4, 0.5) is 5.69 Å². The number of carbonyl (C=O) groups is 1. The van der Waals surface area contributed by atoms with Crippen LogP contribution in [0.25, 0.3) is 0 Å². The van der Waals surface area contributed by atoms with E-state index in [0.29, 0.717) is 22.8 Å². The van der Waals surface area contributed by atoms with E-state index in [9.17, 15) is 20.0 Å². The normalized spacial score (nSPS) is 10.5. The van der Waals surface area contributed by atoms with E-state index in [1.54, 1.807) is 12.1 Å². The molecule has 0 radical (unpaired) electrons. The third-order valence-corrected chi connectivity index (χ3v) is 3.50. The van der Waals surface area contributed by atoms with E-state index in [2.05, 4.69) is 10.5 Å². The quantitative estimate of drug-likeness (QED) is 0.430. The molecule has 0 unspecified atom stereocenters. The van der Waals surface area contributed by atoms with Crippen molar-refractivity contribution in [3.05, 3.63) is 51.6 Å². The topological polar surface area (TPSA) is 133 Å². The predicted octanol–water partition coefficient (Wildman–Crippen LogP) is 2.09. The van der Waals surface area contributed by atoms with Crippen LogP contribution in [0.1, 0.15) is 15.9 Å². The van der Waals surface area contributed by atoms with Gasteiger partial charge in [-0.05, 0) is 18.2 Å². The lowest BCUT2D eigenvalue weighted by molar-refractivity contribution is -0.384. The average Bonchev–Trinajstić information content (AvgIpc) is 2.66. The first-order valence-electron chi connectivity index (χ1n) is 7.52. The summed E-state index contributed by atoms with van der Waals surface area (Å²) >= 11 is 0. The third kappa shape index (κ3) is 4.42. The van der Waals surface area contributed by atoms with E-state index in [4.69, 9.17) is 14.2 Å². The van der Waals surface area contributed by atoms with Crippen LogP contribution in [0.3, 0.4) is 0 Å². The van der Waals surface area contributed by atoms with E-state index < -0.39 is 16.6 Å². The minimum absolute atomic E-state index is 0.272. The number of ether oxygens (including phenoxy) is 3. The third-order valence-electron chi connectivity index (χ3n) is 3.50. The average molecular weight is 375 g/mol. The monoisotopic (exact) mass is 375 g/mol. The molecule has 0 heterocycles. The largest absolute Gasteiger partial charge is 0.507 e. The van der Waals surface area contributed by atoms with Crippen molar-refractivity contribution in [1.82, 2.24) is 5.43 Å². The minimum atomic E-state index is -0.806. The van der Waals surface area contributed by atoms with Gasteiger partial charge in [-0.2, -0.15) is 5.10 Å². The Morgan fingerprint density at radius 1 is 1.15 bits per heavy atom. The van der Waals surface area contributed by atoms with Crippen molar-refractivity contribution in [3.63, 3.8) is 0 Å². The van der Waals surface area contributed by atoms with Crippen LogP contribution in [0.15, 0.2) is 35.4 Å². The molecule has 1 amide bonds. The van der Waals surface area contributed by atoms with Gasteiger partial charge >= 0.3 is 0 Å². The van der Waals surface area contributed by atoms with Crippen LogP contribution in [0, 0.1) is 10.1 Å². The van der Waals surface area contributed by atoms with Crippen molar-refractivity contribution in [2.24, 2.45) is 5.10 Å². The summed E-state index contributed by atoms with van der Waals surface area (Å²) in [7, 11) is 4.40. The molecule has 0 atom stereocenters. The summed E-state index contributed by atoms with van der Waals surface area (Å²) in [6.07, 6.45) is 1.32. The van der Waals surface area contributed by atoms with Crippen molar-refractivity contribution < 1.29 is 29.0 Å². The maximum atomic E-state index is 12.1. The first-order chi connectivity index (χ1) is 12.9. The molecular weight excluding hydrogens is 358 g/mol. The van der Waals surface area contributed by atoms with E-state index in [1.165, 1.54) is 27.5 Å². The number of phenolic OH excluding ortho intramolecular Hbond substituents is 1. The van der Waals surface area contributed by atoms with Crippen LogP contribution in [-0.2, 0) is 0 Å². The van der Waals surface area contributed by atoms with Gasteiger partial charge in [-0.25, -0.2) is 5.43 Å². The minimum Gasteiger partial charge on any atom is -0.507 e. The SMILES string of the molecule is COc1cc(/C=N/NC(=O)c2cc([N+](=O)[O-])ccc2O)cc(OC)c1OC. The lowest BCUT2D eigenvalue weighted by Crippen LogP contribution is -2.18. The highest BCUT2D eigenvalue weighted by molar-refractivity contribution is 5.98. The lowest BCUT2D eigenvalue weighted by atomic mass is 10.1. The number of rotatable bonds is 7. The lowest BCUT2D eigenvalue weighted by Gasteiger charge is -2.12. The molecule has 0 spiro atoms. The number of non-ortho nitro benzene ring substituents is 1. The number of nitrogens with zero attached hydrogens (tertiary/aromatic N) is 2. The Morgan fingerprint density at radius 2 is 1.78 bits per heavy atom. The van der Waals surface area contributed by atoms with Gasteiger partial charge in [0.25, 0.3) is 11.6 Å². The molecule has 0 aliphatic carbocycles. The smallest absolute Gasteiger partial charge is 0.275 e. The Hall–Kier alpha value is -3.82. The molecule has 0 aromatic heterocycles. The summed E-state index contributed by atoms with van der Waals surface area (Å²) in [5, 5.41) is 24.3. The zero-order valence-corrected chi connectivity index (χ0v) is 14.8. The molecule has 2 aromatic rings. The van der Waals surface area contributed by atoms with Gasteiger partial charge in [0.1, 0.15) is 5.75 Å². The molecule has 0 aliphatic rings. The Morgan fingerprint density at radius 3 is 2.30 bits per heavy atom. The second-order valence-corrected chi connectivity index (χ2v) is 5.12. The summed E-state index contributed by atoms with van der Waals surface area (Å²) in [5.41, 5.74) is 2.13. The zero-order chi connectivity index (χ0) is 20.0. The summed E-state index contributed by atoms with van der Waals surface area (Å²) in [6, 6.07) is 6.34. The summed E-state index contributed by atoms with van der Waals surface area (Å²) in [5.74, 6) is 0.00518. The number of aromatic hydroxyl groups is 1. The Bertz CT molecular complexity index is 871. The maximum absolute atomic E-state index is 12.1. The molecule has 0 bridgehead atoms. The Kier molecular flexibility index (Phi) is 6.15. The number of nitro groups is 1. The molecule has 10 heteroatoms. The predicted molar refractivity (Wildman–Crippen MR) is 95.9 cm³/mol. The van der Waals surface area contributed by atoms with Crippen molar-refractivity contribution in [1.29, 1.82) is 0 Å². The molecule has 10 nitrogen and oxygen atoms in total. The van der Waals surface area contributed by atoms with Gasteiger partial charge in [0, 0.05) is 17.7 Å². The van der Waals surface area contributed by atoms with Gasteiger partial charge in [-0.15, -0.1) is 0 Å². The van der Waals surface area contributed by atoms with Crippen LogP contribution in [0.2, 0.25) is 0 Å². The highest BCUT2D eigenvalue weighted by Gasteiger charge is 2.16. The van der Waals surface area contributed by atoms with Gasteiger partial charge in [0.2, 0.25) is 5.75 Å². The van der Waals surface area contributed by atoms with Crippen molar-refractivity contribution in [3.8, 4) is 23.0 Å². The van der Waals surface area contributed by atoms with Crippen LogP contribution < -0.4 is 19.6 Å². The molecule has 2 aromatic carbocycles. The number of carbonyl (C=O) groups excluding carboxylic acids is 1. The van der Waals surface area contributed by atoms with Gasteiger partial charge < -0.3 is 19.3 Å². The molecule has 0 aliphatic heterocycles. The summed E-state index contributed by atoms with van der Waals surface area (Å²) in [6.45, 7) is 0. The number of hydrazone groups is 1. The van der Waals surface area contributed by atoms with Gasteiger partial charge in [0.15, 0.2) is 11.5 Å². The fourth-order valence-corrected chi connectivity index (χ4v) is 2.22. The highest BCUT2D eigenvalue weighted by atomic mass is 16.6. The second-order valence-electron chi connectivity index (χ2n) is 5.12. The fourth-order valence-electron chi connectivity index (χ4n) is 2.22. The van der Waals surface area contributed by atoms with Crippen molar-refractivity contribution >= 4 is 17.8 Å². The summed E-state index contributed by atoms with van der Waals surface area (Å²) < 4.78 is 15.6. The van der Waals surface area contributed by atoms with E-state index in [-0.39, 0.29) is 11.3 Å². The molecule has 2 rings (SSSR count). The highest BCUT2D eigenvalue weighted by Crippen LogP contribution is 2.37. The standard InChI is InChI=1S/C17H17N3O7/c1-25-14-6-10(7-15(26-2)16(14)27-3)9-18-19-17(22)12-8-11(20(23)24)4-5-13(12)21/h4-9,21H,1-3H3,(H,19,22)/b18-9+. The van der Waals surface area contributed by atoms with Crippen LogP contribution >= 0.6 is 0 Å². The van der Waals surface area contributed by atoms with E-state index in [1.807, 2.05) is 0 Å². The zero-order valence-electron chi connectivity index (χ0n) is 14.8. The number of amides is 1. The number of methoxy groups -OCH3 is 3. The number of nitrogens with one attached hydrogen (secondary N) is 1. The summed E-state index contributed by atoms with van der Waals surface area (Å²) in [4.78, 5) is 22.2. The Balaban J connectivity index is 2.21. The Labute approximate surface area is 154 Å². The number of phenols is 1. The number of hydrogen-bond acceptors (Lipinski definition) is 8. The molecule has 27 heavy (non-hydrogen) atoms. The van der Waals surface area contributed by atoms with Gasteiger partial charge in [0.05, 0.1) is 38.0 Å². The fraction of sp³-hybridized carbons (Fsp3) is 0.176. The first kappa shape index (κ1) is 19.5. The molecule has 0 fully saturated rings. The number of nitro benzene ring substituents is 1. The van der Waals surface area contributed by atoms with Crippen molar-refractivity contribution in [2.45, 2.75) is 0 Å². The second kappa shape index (κ2) is 8.52. The first-order valence-corrected chi connectivity index (χ1v) is 7.52.